The zero-order chi connectivity index (χ0) is 13.2. The average molecular weight is 267 g/mol. The van der Waals surface area contributed by atoms with Crippen molar-refractivity contribution in [2.75, 3.05) is 18.1 Å². The first-order valence-electron chi connectivity index (χ1n) is 6.49. The summed E-state index contributed by atoms with van der Waals surface area (Å²) in [6.45, 7) is 3.23. The lowest BCUT2D eigenvalue weighted by molar-refractivity contribution is 0.145. The van der Waals surface area contributed by atoms with Gasteiger partial charge in [-0.3, -0.25) is 0 Å². The van der Waals surface area contributed by atoms with Crippen LogP contribution in [0.5, 0.6) is 0 Å². The van der Waals surface area contributed by atoms with E-state index in [4.69, 9.17) is 0 Å². The van der Waals surface area contributed by atoms with Crippen molar-refractivity contribution < 1.29 is 8.42 Å². The molecule has 0 amide bonds. The third kappa shape index (κ3) is 2.86. The molecule has 4 heteroatoms. The minimum absolute atomic E-state index is 0.377. The maximum Gasteiger partial charge on any atom is 0.175 e. The summed E-state index contributed by atoms with van der Waals surface area (Å²) < 4.78 is 22.7. The Kier molecular flexibility index (Phi) is 3.66. The third-order valence-electron chi connectivity index (χ3n) is 4.11. The van der Waals surface area contributed by atoms with Gasteiger partial charge in [0.1, 0.15) is 0 Å². The van der Waals surface area contributed by atoms with E-state index in [1.807, 2.05) is 12.1 Å². The van der Waals surface area contributed by atoms with Crippen molar-refractivity contribution in [2.24, 2.45) is 5.41 Å². The van der Waals surface area contributed by atoms with Crippen molar-refractivity contribution in [3.8, 4) is 0 Å². The summed E-state index contributed by atoms with van der Waals surface area (Å²) in [5.74, 6) is 0. The molecule has 1 aliphatic carbocycles. The Bertz CT molecular complexity index is 496. The number of hydrogen-bond acceptors (Lipinski definition) is 3. The summed E-state index contributed by atoms with van der Waals surface area (Å²) in [6.07, 6.45) is 6.38. The number of anilines is 1. The molecule has 0 aliphatic heterocycles. The van der Waals surface area contributed by atoms with Gasteiger partial charge in [-0.2, -0.15) is 0 Å². The number of sulfone groups is 1. The van der Waals surface area contributed by atoms with Gasteiger partial charge in [0.15, 0.2) is 9.84 Å². The molecule has 1 saturated carbocycles. The van der Waals surface area contributed by atoms with Crippen molar-refractivity contribution in [3.63, 3.8) is 0 Å². The van der Waals surface area contributed by atoms with Gasteiger partial charge in [0.2, 0.25) is 0 Å². The van der Waals surface area contributed by atoms with Crippen LogP contribution in [0.2, 0.25) is 0 Å². The molecule has 0 radical (unpaired) electrons. The number of rotatable bonds is 5. The van der Waals surface area contributed by atoms with Crippen molar-refractivity contribution in [1.29, 1.82) is 0 Å². The molecule has 18 heavy (non-hydrogen) atoms. The van der Waals surface area contributed by atoms with Gasteiger partial charge in [-0.1, -0.05) is 13.3 Å². The second kappa shape index (κ2) is 4.92. The molecule has 1 N–H and O–H groups in total. The lowest BCUT2D eigenvalue weighted by atomic mass is 9.67. The van der Waals surface area contributed by atoms with Crippen molar-refractivity contribution in [1.82, 2.24) is 0 Å². The number of benzene rings is 1. The van der Waals surface area contributed by atoms with Gasteiger partial charge < -0.3 is 5.32 Å². The third-order valence-corrected chi connectivity index (χ3v) is 5.24. The molecule has 0 saturated heterocycles. The van der Waals surface area contributed by atoms with E-state index in [1.165, 1.54) is 31.9 Å². The number of hydrogen-bond donors (Lipinski definition) is 1. The van der Waals surface area contributed by atoms with E-state index in [9.17, 15) is 8.42 Å². The first kappa shape index (κ1) is 13.4. The van der Waals surface area contributed by atoms with Gasteiger partial charge in [0.25, 0.3) is 0 Å². The van der Waals surface area contributed by atoms with Crippen LogP contribution in [0, 0.1) is 5.41 Å². The SMILES string of the molecule is CCC1(CNc2ccc(S(C)(=O)=O)cc2)CCC1. The van der Waals surface area contributed by atoms with Crippen molar-refractivity contribution >= 4 is 15.5 Å². The van der Waals surface area contributed by atoms with Gasteiger partial charge in [-0.15, -0.1) is 0 Å². The largest absolute Gasteiger partial charge is 0.384 e. The molecule has 3 nitrogen and oxygen atoms in total. The van der Waals surface area contributed by atoms with Crippen LogP contribution in [-0.4, -0.2) is 21.2 Å². The topological polar surface area (TPSA) is 46.2 Å². The monoisotopic (exact) mass is 267 g/mol. The zero-order valence-corrected chi connectivity index (χ0v) is 11.9. The summed E-state index contributed by atoms with van der Waals surface area (Å²) in [5, 5.41) is 3.42. The summed E-state index contributed by atoms with van der Waals surface area (Å²) in [4.78, 5) is 0.377. The van der Waals surface area contributed by atoms with E-state index in [1.54, 1.807) is 12.1 Å². The molecule has 1 fully saturated rings. The maximum absolute atomic E-state index is 11.3. The first-order valence-corrected chi connectivity index (χ1v) is 8.38. The normalized spacial score (nSPS) is 18.1. The smallest absolute Gasteiger partial charge is 0.175 e. The Hall–Kier alpha value is -1.03. The second-order valence-electron chi connectivity index (χ2n) is 5.36. The van der Waals surface area contributed by atoms with Crippen LogP contribution in [0.15, 0.2) is 29.2 Å². The zero-order valence-electron chi connectivity index (χ0n) is 11.1. The minimum atomic E-state index is -3.09. The highest BCUT2D eigenvalue weighted by molar-refractivity contribution is 7.90. The lowest BCUT2D eigenvalue weighted by Gasteiger charge is -2.41. The predicted molar refractivity (Wildman–Crippen MR) is 74.6 cm³/mol. The minimum Gasteiger partial charge on any atom is -0.384 e. The Morgan fingerprint density at radius 1 is 1.22 bits per heavy atom. The van der Waals surface area contributed by atoms with Crippen molar-refractivity contribution in [2.45, 2.75) is 37.5 Å². The molecule has 0 bridgehead atoms. The van der Waals surface area contributed by atoms with E-state index >= 15 is 0 Å². The van der Waals surface area contributed by atoms with Crippen LogP contribution in [0.25, 0.3) is 0 Å². The lowest BCUT2D eigenvalue weighted by Crippen LogP contribution is -2.35. The maximum atomic E-state index is 11.3. The molecule has 0 aromatic heterocycles. The summed E-state index contributed by atoms with van der Waals surface area (Å²) in [6, 6.07) is 7.02. The van der Waals surface area contributed by atoms with Gasteiger partial charge in [0.05, 0.1) is 4.90 Å². The highest BCUT2D eigenvalue weighted by Crippen LogP contribution is 2.43. The molecule has 0 spiro atoms. The molecular formula is C14H21NO2S. The van der Waals surface area contributed by atoms with E-state index in [-0.39, 0.29) is 0 Å². The fourth-order valence-corrected chi connectivity index (χ4v) is 3.07. The van der Waals surface area contributed by atoms with E-state index in [0.717, 1.165) is 12.2 Å². The molecule has 1 aromatic carbocycles. The van der Waals surface area contributed by atoms with E-state index in [0.29, 0.717) is 10.3 Å². The quantitative estimate of drug-likeness (QED) is 0.891. The van der Waals surface area contributed by atoms with Crippen molar-refractivity contribution in [3.05, 3.63) is 24.3 Å². The van der Waals surface area contributed by atoms with Crippen LogP contribution >= 0.6 is 0 Å². The van der Waals surface area contributed by atoms with Crippen LogP contribution in [0.3, 0.4) is 0 Å². The molecule has 1 aliphatic rings. The molecule has 2 rings (SSSR count). The predicted octanol–water partition coefficient (Wildman–Crippen LogP) is 3.08. The first-order chi connectivity index (χ1) is 8.45. The Balaban J connectivity index is 1.99. The van der Waals surface area contributed by atoms with E-state index in [2.05, 4.69) is 12.2 Å². The average Bonchev–Trinajstić information content (AvgIpc) is 2.28. The molecule has 0 atom stereocenters. The fourth-order valence-electron chi connectivity index (χ4n) is 2.44. The molecule has 1 aromatic rings. The second-order valence-corrected chi connectivity index (χ2v) is 7.37. The highest BCUT2D eigenvalue weighted by Gasteiger charge is 2.34. The van der Waals surface area contributed by atoms with Gasteiger partial charge in [0, 0.05) is 18.5 Å². The molecular weight excluding hydrogens is 246 g/mol. The Morgan fingerprint density at radius 3 is 2.22 bits per heavy atom. The Morgan fingerprint density at radius 2 is 1.83 bits per heavy atom. The van der Waals surface area contributed by atoms with Crippen LogP contribution in [-0.2, 0) is 9.84 Å². The fraction of sp³-hybridized carbons (Fsp3) is 0.571. The summed E-state index contributed by atoms with van der Waals surface area (Å²) >= 11 is 0. The molecule has 0 heterocycles. The highest BCUT2D eigenvalue weighted by atomic mass is 32.2. The van der Waals surface area contributed by atoms with Crippen LogP contribution in [0.1, 0.15) is 32.6 Å². The van der Waals surface area contributed by atoms with Gasteiger partial charge >= 0.3 is 0 Å². The van der Waals surface area contributed by atoms with Crippen LogP contribution in [0.4, 0.5) is 5.69 Å². The standard InChI is InChI=1S/C14H21NO2S/c1-3-14(9-4-10-14)11-15-12-5-7-13(8-6-12)18(2,16)17/h5-8,15H,3-4,9-11H2,1-2H3. The van der Waals surface area contributed by atoms with E-state index < -0.39 is 9.84 Å². The number of nitrogens with one attached hydrogen (secondary N) is 1. The summed E-state index contributed by atoms with van der Waals surface area (Å²) in [5.41, 5.74) is 1.47. The van der Waals surface area contributed by atoms with Gasteiger partial charge in [-0.05, 0) is 48.9 Å². The Labute approximate surface area is 110 Å². The molecule has 0 unspecified atom stereocenters. The molecule has 100 valence electrons. The van der Waals surface area contributed by atoms with Crippen LogP contribution < -0.4 is 5.32 Å². The summed E-state index contributed by atoms with van der Waals surface area (Å²) in [7, 11) is -3.09. The van der Waals surface area contributed by atoms with Gasteiger partial charge in [-0.25, -0.2) is 8.42 Å².